The molecule has 21 heavy (non-hydrogen) atoms. The summed E-state index contributed by atoms with van der Waals surface area (Å²) in [6, 6.07) is 0.231. The summed E-state index contributed by atoms with van der Waals surface area (Å²) in [5.74, 6) is 0.924. The highest BCUT2D eigenvalue weighted by Gasteiger charge is 2.23. The first-order valence-corrected chi connectivity index (χ1v) is 8.42. The van der Waals surface area contributed by atoms with Gasteiger partial charge in [0.25, 0.3) is 0 Å². The number of hydrogen-bond acceptors (Lipinski definition) is 3. The maximum Gasteiger partial charge on any atom is 0.239 e. The molecule has 2 unspecified atom stereocenters. The fraction of sp³-hybridized carbons (Fsp3) is 0.875. The minimum atomic E-state index is -0.0641. The summed E-state index contributed by atoms with van der Waals surface area (Å²) in [4.78, 5) is 23.8. The van der Waals surface area contributed by atoms with Crippen molar-refractivity contribution in [1.29, 1.82) is 0 Å². The summed E-state index contributed by atoms with van der Waals surface area (Å²) in [6.07, 6.45) is 7.64. The largest absolute Gasteiger partial charge is 0.351 e. The van der Waals surface area contributed by atoms with Crippen molar-refractivity contribution in [2.75, 3.05) is 19.6 Å². The second-order valence-electron chi connectivity index (χ2n) is 6.63. The van der Waals surface area contributed by atoms with Crippen LogP contribution in [0.1, 0.15) is 51.9 Å². The number of hydrogen-bond donors (Lipinski definition) is 3. The van der Waals surface area contributed by atoms with Crippen LogP contribution in [-0.4, -0.2) is 37.5 Å². The Morgan fingerprint density at radius 2 is 1.86 bits per heavy atom. The van der Waals surface area contributed by atoms with Gasteiger partial charge in [-0.25, -0.2) is 0 Å². The number of nitrogens with one attached hydrogen (secondary N) is 3. The van der Waals surface area contributed by atoms with Crippen LogP contribution in [0.5, 0.6) is 0 Å². The molecule has 1 heterocycles. The van der Waals surface area contributed by atoms with Crippen LogP contribution in [-0.2, 0) is 9.59 Å². The number of carbonyl (C=O) groups excluding carboxylic acids is 2. The van der Waals surface area contributed by atoms with Crippen LogP contribution >= 0.6 is 0 Å². The van der Waals surface area contributed by atoms with Crippen LogP contribution in [0.4, 0.5) is 0 Å². The van der Waals surface area contributed by atoms with E-state index in [4.69, 9.17) is 0 Å². The first-order valence-electron chi connectivity index (χ1n) is 8.42. The molecular weight excluding hydrogens is 266 g/mol. The first-order chi connectivity index (χ1) is 10.1. The van der Waals surface area contributed by atoms with E-state index in [-0.39, 0.29) is 24.4 Å². The van der Waals surface area contributed by atoms with E-state index in [9.17, 15) is 9.59 Å². The van der Waals surface area contributed by atoms with Crippen LogP contribution in [0.15, 0.2) is 0 Å². The number of rotatable bonds is 5. The summed E-state index contributed by atoms with van der Waals surface area (Å²) < 4.78 is 0. The standard InChI is InChI=1S/C16H29N3O2/c1-12-10-17-8-7-14(12)19-16(21)11-18-15(20)9-13-5-3-2-4-6-13/h12-14,17H,2-11H2,1H3,(H,18,20)(H,19,21). The number of piperidine rings is 1. The van der Waals surface area contributed by atoms with Gasteiger partial charge in [-0.1, -0.05) is 26.2 Å². The smallest absolute Gasteiger partial charge is 0.239 e. The zero-order valence-electron chi connectivity index (χ0n) is 13.1. The molecule has 5 nitrogen and oxygen atoms in total. The fourth-order valence-electron chi connectivity index (χ4n) is 3.39. The highest BCUT2D eigenvalue weighted by atomic mass is 16.2. The van der Waals surface area contributed by atoms with E-state index in [2.05, 4.69) is 22.9 Å². The molecule has 0 bridgehead atoms. The average molecular weight is 295 g/mol. The second-order valence-corrected chi connectivity index (χ2v) is 6.63. The van der Waals surface area contributed by atoms with Crippen molar-refractivity contribution in [3.8, 4) is 0 Å². The molecule has 0 aromatic heterocycles. The number of amides is 2. The molecule has 120 valence electrons. The van der Waals surface area contributed by atoms with E-state index in [1.165, 1.54) is 19.3 Å². The van der Waals surface area contributed by atoms with E-state index in [1.807, 2.05) is 0 Å². The van der Waals surface area contributed by atoms with Gasteiger partial charge in [-0.3, -0.25) is 9.59 Å². The molecular formula is C16H29N3O2. The Morgan fingerprint density at radius 1 is 1.10 bits per heavy atom. The molecule has 0 aromatic rings. The van der Waals surface area contributed by atoms with Crippen LogP contribution in [0.2, 0.25) is 0 Å². The lowest BCUT2D eigenvalue weighted by Gasteiger charge is -2.30. The average Bonchev–Trinajstić information content (AvgIpc) is 2.49. The van der Waals surface area contributed by atoms with E-state index in [1.54, 1.807) is 0 Å². The van der Waals surface area contributed by atoms with Gasteiger partial charge in [0.15, 0.2) is 0 Å². The fourth-order valence-corrected chi connectivity index (χ4v) is 3.39. The van der Waals surface area contributed by atoms with Crippen molar-refractivity contribution in [3.63, 3.8) is 0 Å². The van der Waals surface area contributed by atoms with E-state index in [0.29, 0.717) is 18.3 Å². The van der Waals surface area contributed by atoms with Crippen LogP contribution in [0.3, 0.4) is 0 Å². The van der Waals surface area contributed by atoms with Gasteiger partial charge in [-0.05, 0) is 44.2 Å². The van der Waals surface area contributed by atoms with Gasteiger partial charge in [-0.15, -0.1) is 0 Å². The molecule has 5 heteroatoms. The van der Waals surface area contributed by atoms with Gasteiger partial charge in [0, 0.05) is 12.5 Å². The minimum absolute atomic E-state index is 0.0235. The van der Waals surface area contributed by atoms with Gasteiger partial charge in [0.05, 0.1) is 6.54 Å². The zero-order valence-corrected chi connectivity index (χ0v) is 13.1. The summed E-state index contributed by atoms with van der Waals surface area (Å²) in [6.45, 7) is 4.14. The molecule has 0 spiro atoms. The third kappa shape index (κ3) is 5.65. The molecule has 2 rings (SSSR count). The Bertz CT molecular complexity index is 353. The van der Waals surface area contributed by atoms with Crippen LogP contribution in [0, 0.1) is 11.8 Å². The maximum atomic E-state index is 11.9. The molecule has 2 aliphatic rings. The van der Waals surface area contributed by atoms with Crippen molar-refractivity contribution < 1.29 is 9.59 Å². The predicted octanol–water partition coefficient (Wildman–Crippen LogP) is 1.19. The lowest BCUT2D eigenvalue weighted by molar-refractivity contribution is -0.127. The van der Waals surface area contributed by atoms with Gasteiger partial charge < -0.3 is 16.0 Å². The molecule has 1 saturated carbocycles. The van der Waals surface area contributed by atoms with Crippen LogP contribution in [0.25, 0.3) is 0 Å². The highest BCUT2D eigenvalue weighted by molar-refractivity contribution is 5.84. The lowest BCUT2D eigenvalue weighted by atomic mass is 9.87. The second kappa shape index (κ2) is 8.37. The van der Waals surface area contributed by atoms with Crippen molar-refractivity contribution in [1.82, 2.24) is 16.0 Å². The van der Waals surface area contributed by atoms with Gasteiger partial charge in [0.1, 0.15) is 0 Å². The van der Waals surface area contributed by atoms with Crippen molar-refractivity contribution >= 4 is 11.8 Å². The van der Waals surface area contributed by atoms with Crippen molar-refractivity contribution in [2.45, 2.75) is 57.9 Å². The van der Waals surface area contributed by atoms with Crippen molar-refractivity contribution in [2.24, 2.45) is 11.8 Å². The topological polar surface area (TPSA) is 70.2 Å². The van der Waals surface area contributed by atoms with E-state index >= 15 is 0 Å². The van der Waals surface area contributed by atoms with E-state index in [0.717, 1.165) is 32.4 Å². The molecule has 0 aromatic carbocycles. The van der Waals surface area contributed by atoms with Crippen LogP contribution < -0.4 is 16.0 Å². The lowest BCUT2D eigenvalue weighted by Crippen LogP contribution is -2.50. The molecule has 1 aliphatic heterocycles. The summed E-state index contributed by atoms with van der Waals surface area (Å²) in [5.41, 5.74) is 0. The minimum Gasteiger partial charge on any atom is -0.351 e. The maximum absolute atomic E-state index is 11.9. The quantitative estimate of drug-likeness (QED) is 0.713. The Kier molecular flexibility index (Phi) is 6.49. The summed E-state index contributed by atoms with van der Waals surface area (Å²) >= 11 is 0. The Morgan fingerprint density at radius 3 is 2.57 bits per heavy atom. The summed E-state index contributed by atoms with van der Waals surface area (Å²) in [5, 5.41) is 9.11. The normalized spacial score (nSPS) is 27.1. The van der Waals surface area contributed by atoms with Gasteiger partial charge in [-0.2, -0.15) is 0 Å². The predicted molar refractivity (Wildman–Crippen MR) is 82.8 cm³/mol. The Hall–Kier alpha value is -1.10. The molecule has 2 atom stereocenters. The molecule has 2 amide bonds. The van der Waals surface area contributed by atoms with Gasteiger partial charge in [0.2, 0.25) is 11.8 Å². The molecule has 2 fully saturated rings. The molecule has 1 aliphatic carbocycles. The molecule has 3 N–H and O–H groups in total. The first kappa shape index (κ1) is 16.3. The molecule has 1 saturated heterocycles. The Balaban J connectivity index is 1.62. The highest BCUT2D eigenvalue weighted by Crippen LogP contribution is 2.25. The SMILES string of the molecule is CC1CNCCC1NC(=O)CNC(=O)CC1CCCCC1. The van der Waals surface area contributed by atoms with Crippen molar-refractivity contribution in [3.05, 3.63) is 0 Å². The number of carbonyl (C=O) groups is 2. The molecule has 0 radical (unpaired) electrons. The van der Waals surface area contributed by atoms with Gasteiger partial charge >= 0.3 is 0 Å². The third-order valence-electron chi connectivity index (χ3n) is 4.78. The van der Waals surface area contributed by atoms with E-state index < -0.39 is 0 Å². The summed E-state index contributed by atoms with van der Waals surface area (Å²) in [7, 11) is 0. The zero-order chi connectivity index (χ0) is 15.1. The Labute approximate surface area is 127 Å². The third-order valence-corrected chi connectivity index (χ3v) is 4.78. The monoisotopic (exact) mass is 295 g/mol.